The lowest BCUT2D eigenvalue weighted by Crippen LogP contribution is -2.47. The molecule has 0 aliphatic carbocycles. The minimum Gasteiger partial charge on any atom is -0.357 e. The lowest BCUT2D eigenvalue weighted by Gasteiger charge is -2.37. The number of amides is 1. The van der Waals surface area contributed by atoms with E-state index >= 15 is 0 Å². The number of piperidine rings is 2. The first-order valence-electron chi connectivity index (χ1n) is 7.98. The van der Waals surface area contributed by atoms with Crippen LogP contribution in [0.15, 0.2) is 18.3 Å². The number of anilines is 1. The quantitative estimate of drug-likeness (QED) is 0.827. The normalized spacial score (nSPS) is 22.2. The van der Waals surface area contributed by atoms with Crippen LogP contribution >= 0.6 is 11.6 Å². The van der Waals surface area contributed by atoms with Crippen molar-refractivity contribution < 1.29 is 13.6 Å². The highest BCUT2D eigenvalue weighted by Gasteiger charge is 2.37. The fraction of sp³-hybridized carbons (Fsp3) is 0.625. The number of carbonyl (C=O) groups is 1. The second kappa shape index (κ2) is 6.59. The number of alkyl halides is 2. The third-order valence-electron chi connectivity index (χ3n) is 4.69. The largest absolute Gasteiger partial charge is 0.357 e. The molecule has 4 nitrogen and oxygen atoms in total. The van der Waals surface area contributed by atoms with Crippen LogP contribution in [0.1, 0.15) is 25.7 Å². The lowest BCUT2D eigenvalue weighted by molar-refractivity contribution is -0.142. The van der Waals surface area contributed by atoms with E-state index in [1.807, 2.05) is 6.07 Å². The Kier molecular flexibility index (Phi) is 4.71. The van der Waals surface area contributed by atoms with Gasteiger partial charge in [-0.2, -0.15) is 0 Å². The molecule has 3 rings (SSSR count). The molecule has 3 heterocycles. The average Bonchev–Trinajstić information content (AvgIpc) is 2.55. The molecule has 126 valence electrons. The summed E-state index contributed by atoms with van der Waals surface area (Å²) in [5.74, 6) is -1.78. The number of aromatic nitrogens is 1. The molecule has 2 aliphatic heterocycles. The molecule has 0 saturated carbocycles. The molecule has 1 amide bonds. The van der Waals surface area contributed by atoms with Gasteiger partial charge < -0.3 is 9.80 Å². The Morgan fingerprint density at radius 2 is 1.83 bits per heavy atom. The second-order valence-electron chi connectivity index (χ2n) is 6.28. The van der Waals surface area contributed by atoms with E-state index in [1.165, 1.54) is 0 Å². The third kappa shape index (κ3) is 3.91. The van der Waals surface area contributed by atoms with Gasteiger partial charge in [-0.3, -0.25) is 4.79 Å². The van der Waals surface area contributed by atoms with Crippen molar-refractivity contribution >= 4 is 23.3 Å². The van der Waals surface area contributed by atoms with Crippen molar-refractivity contribution in [2.75, 3.05) is 31.1 Å². The minimum absolute atomic E-state index is 0.0317. The summed E-state index contributed by atoms with van der Waals surface area (Å²) in [4.78, 5) is 20.5. The Labute approximate surface area is 139 Å². The molecule has 1 aromatic rings. The maximum absolute atomic E-state index is 13.2. The zero-order valence-corrected chi connectivity index (χ0v) is 13.6. The number of halogens is 3. The number of carbonyl (C=O) groups excluding carboxylic acids is 1. The first-order valence-corrected chi connectivity index (χ1v) is 8.35. The van der Waals surface area contributed by atoms with Crippen LogP contribution in [0.2, 0.25) is 5.02 Å². The maximum Gasteiger partial charge on any atom is 0.251 e. The SMILES string of the molecule is O=C(C1CCN(c2ccc(Cl)cn2)CC1)N1CCC(F)(F)CC1. The number of hydrogen-bond donors (Lipinski definition) is 0. The summed E-state index contributed by atoms with van der Waals surface area (Å²) in [6, 6.07) is 3.67. The van der Waals surface area contributed by atoms with Crippen LogP contribution in [-0.2, 0) is 4.79 Å². The van der Waals surface area contributed by atoms with Gasteiger partial charge in [-0.05, 0) is 25.0 Å². The van der Waals surface area contributed by atoms with Crippen molar-refractivity contribution in [2.45, 2.75) is 31.6 Å². The zero-order chi connectivity index (χ0) is 16.4. The average molecular weight is 344 g/mol. The zero-order valence-electron chi connectivity index (χ0n) is 12.9. The number of rotatable bonds is 2. The highest BCUT2D eigenvalue weighted by atomic mass is 35.5. The standard InChI is InChI=1S/C16H20ClF2N3O/c17-13-1-2-14(20-11-13)21-7-3-12(4-8-21)15(23)22-9-5-16(18,19)6-10-22/h1-2,11-12H,3-10H2. The lowest BCUT2D eigenvalue weighted by atomic mass is 9.94. The van der Waals surface area contributed by atoms with E-state index in [0.29, 0.717) is 5.02 Å². The molecule has 2 fully saturated rings. The summed E-state index contributed by atoms with van der Waals surface area (Å²) in [5, 5.41) is 0.598. The van der Waals surface area contributed by atoms with Gasteiger partial charge in [0.25, 0.3) is 5.92 Å². The summed E-state index contributed by atoms with van der Waals surface area (Å²) >= 11 is 5.84. The van der Waals surface area contributed by atoms with Gasteiger partial charge in [-0.25, -0.2) is 13.8 Å². The molecule has 0 atom stereocenters. The van der Waals surface area contributed by atoms with E-state index in [0.717, 1.165) is 31.7 Å². The van der Waals surface area contributed by atoms with Gasteiger partial charge >= 0.3 is 0 Å². The third-order valence-corrected chi connectivity index (χ3v) is 4.91. The summed E-state index contributed by atoms with van der Waals surface area (Å²) in [6.45, 7) is 1.83. The van der Waals surface area contributed by atoms with E-state index in [9.17, 15) is 13.6 Å². The monoisotopic (exact) mass is 343 g/mol. The number of pyridine rings is 1. The fourth-order valence-corrected chi connectivity index (χ4v) is 3.33. The number of hydrogen-bond acceptors (Lipinski definition) is 3. The first-order chi connectivity index (χ1) is 10.9. The van der Waals surface area contributed by atoms with Crippen LogP contribution in [0.5, 0.6) is 0 Å². The Morgan fingerprint density at radius 1 is 1.17 bits per heavy atom. The van der Waals surface area contributed by atoms with Crippen LogP contribution in [0, 0.1) is 5.92 Å². The highest BCUT2D eigenvalue weighted by molar-refractivity contribution is 6.30. The van der Waals surface area contributed by atoms with Crippen molar-refractivity contribution in [1.82, 2.24) is 9.88 Å². The maximum atomic E-state index is 13.2. The van der Waals surface area contributed by atoms with Crippen molar-refractivity contribution in [3.63, 3.8) is 0 Å². The molecule has 0 spiro atoms. The van der Waals surface area contributed by atoms with Crippen LogP contribution in [0.4, 0.5) is 14.6 Å². The molecule has 7 heteroatoms. The molecule has 1 aromatic heterocycles. The van der Waals surface area contributed by atoms with E-state index in [4.69, 9.17) is 11.6 Å². The van der Waals surface area contributed by atoms with Crippen molar-refractivity contribution in [1.29, 1.82) is 0 Å². The van der Waals surface area contributed by atoms with Gasteiger partial charge in [0, 0.05) is 51.1 Å². The molecule has 2 saturated heterocycles. The molecule has 0 N–H and O–H groups in total. The van der Waals surface area contributed by atoms with E-state index in [-0.39, 0.29) is 37.8 Å². The number of likely N-dealkylation sites (tertiary alicyclic amines) is 1. The molecule has 0 bridgehead atoms. The Hall–Kier alpha value is -1.43. The summed E-state index contributed by atoms with van der Waals surface area (Å²) in [6.07, 6.45) is 2.65. The van der Waals surface area contributed by atoms with Crippen LogP contribution in [0.3, 0.4) is 0 Å². The Balaban J connectivity index is 1.52. The molecule has 0 aromatic carbocycles. The molecule has 23 heavy (non-hydrogen) atoms. The predicted octanol–water partition coefficient (Wildman–Crippen LogP) is 3.21. The van der Waals surface area contributed by atoms with Gasteiger partial charge in [0.2, 0.25) is 5.91 Å². The highest BCUT2D eigenvalue weighted by Crippen LogP contribution is 2.30. The van der Waals surface area contributed by atoms with Gasteiger partial charge in [-0.15, -0.1) is 0 Å². The summed E-state index contributed by atoms with van der Waals surface area (Å²) in [7, 11) is 0. The Morgan fingerprint density at radius 3 is 2.39 bits per heavy atom. The molecular weight excluding hydrogens is 324 g/mol. The van der Waals surface area contributed by atoms with E-state index < -0.39 is 5.92 Å². The molecular formula is C16H20ClF2N3O. The van der Waals surface area contributed by atoms with E-state index in [2.05, 4.69) is 9.88 Å². The van der Waals surface area contributed by atoms with Gasteiger partial charge in [-0.1, -0.05) is 11.6 Å². The van der Waals surface area contributed by atoms with Crippen molar-refractivity contribution in [3.8, 4) is 0 Å². The van der Waals surface area contributed by atoms with Crippen LogP contribution < -0.4 is 4.90 Å². The topological polar surface area (TPSA) is 36.4 Å². The molecule has 2 aliphatic rings. The van der Waals surface area contributed by atoms with Gasteiger partial charge in [0.15, 0.2) is 0 Å². The van der Waals surface area contributed by atoms with Gasteiger partial charge in [0.1, 0.15) is 5.82 Å². The van der Waals surface area contributed by atoms with E-state index in [1.54, 1.807) is 17.2 Å². The smallest absolute Gasteiger partial charge is 0.251 e. The van der Waals surface area contributed by atoms with Gasteiger partial charge in [0.05, 0.1) is 5.02 Å². The minimum atomic E-state index is -2.61. The van der Waals surface area contributed by atoms with Crippen LogP contribution in [-0.4, -0.2) is 47.9 Å². The predicted molar refractivity (Wildman–Crippen MR) is 84.9 cm³/mol. The Bertz CT molecular complexity index is 549. The summed E-state index contributed by atoms with van der Waals surface area (Å²) < 4.78 is 26.4. The second-order valence-corrected chi connectivity index (χ2v) is 6.71. The van der Waals surface area contributed by atoms with Crippen molar-refractivity contribution in [2.24, 2.45) is 5.92 Å². The molecule has 0 unspecified atom stereocenters. The van der Waals surface area contributed by atoms with Crippen molar-refractivity contribution in [3.05, 3.63) is 23.4 Å². The summed E-state index contributed by atoms with van der Waals surface area (Å²) in [5.41, 5.74) is 0. The fourth-order valence-electron chi connectivity index (χ4n) is 3.22. The van der Waals surface area contributed by atoms with Crippen LogP contribution in [0.25, 0.3) is 0 Å². The molecule has 0 radical (unpaired) electrons. The number of nitrogens with zero attached hydrogens (tertiary/aromatic N) is 3. The first kappa shape index (κ1) is 16.4.